The Kier molecular flexibility index (Phi) is 7.47. The number of phenolic OH excluding ortho intramolecular Hbond substituents is 1. The molecule has 3 unspecified atom stereocenters. The van der Waals surface area contributed by atoms with E-state index in [9.17, 15) is 5.11 Å². The minimum absolute atomic E-state index is 0.0392. The predicted octanol–water partition coefficient (Wildman–Crippen LogP) is 6.97. The fraction of sp³-hybridized carbons (Fsp3) is 0.351. The quantitative estimate of drug-likeness (QED) is 0.200. The van der Waals surface area contributed by atoms with Gasteiger partial charge in [-0.25, -0.2) is 4.39 Å². The van der Waals surface area contributed by atoms with E-state index in [1.165, 1.54) is 5.56 Å². The molecule has 9 heteroatoms. The number of likely N-dealkylation sites (N-methyl/N-ethyl adjacent to an activating group) is 1. The zero-order valence-corrected chi connectivity index (χ0v) is 26.6. The fourth-order valence-electron chi connectivity index (χ4n) is 7.89. The van der Waals surface area contributed by atoms with Crippen molar-refractivity contribution in [1.29, 1.82) is 0 Å². The molecule has 0 aliphatic carbocycles. The first kappa shape index (κ1) is 29.4. The number of nitrogens with one attached hydrogen (secondary N) is 1. The largest absolute Gasteiger partial charge is 0.508 e. The fourth-order valence-corrected chi connectivity index (χ4v) is 8.18. The van der Waals surface area contributed by atoms with Gasteiger partial charge in [0.2, 0.25) is 0 Å². The van der Waals surface area contributed by atoms with Crippen LogP contribution in [0.1, 0.15) is 31.2 Å². The molecule has 4 heterocycles. The first-order valence-electron chi connectivity index (χ1n) is 16.2. The molecule has 2 N–H and O–H groups in total. The lowest BCUT2D eigenvalue weighted by molar-refractivity contribution is 0.0915. The Morgan fingerprint density at radius 1 is 1.00 bits per heavy atom. The molecule has 3 saturated heterocycles. The van der Waals surface area contributed by atoms with Crippen molar-refractivity contribution in [3.8, 4) is 22.9 Å². The van der Waals surface area contributed by atoms with Crippen LogP contribution in [0.4, 0.5) is 10.2 Å². The summed E-state index contributed by atoms with van der Waals surface area (Å²) in [6, 6.07) is 23.9. The van der Waals surface area contributed by atoms with Crippen molar-refractivity contribution >= 4 is 39.1 Å². The Bertz CT molecular complexity index is 1930. The Balaban J connectivity index is 1.25. The van der Waals surface area contributed by atoms with Crippen LogP contribution in [0.15, 0.2) is 72.8 Å². The van der Waals surface area contributed by atoms with E-state index in [2.05, 4.69) is 46.4 Å². The van der Waals surface area contributed by atoms with Gasteiger partial charge in [0.1, 0.15) is 23.7 Å². The van der Waals surface area contributed by atoms with E-state index >= 15 is 4.39 Å². The third kappa shape index (κ3) is 5.22. The van der Waals surface area contributed by atoms with Crippen molar-refractivity contribution in [2.24, 2.45) is 0 Å². The summed E-state index contributed by atoms with van der Waals surface area (Å²) in [5.41, 5.74) is 1.90. The minimum atomic E-state index is -0.554. The zero-order valence-electron chi connectivity index (χ0n) is 25.8. The lowest BCUT2D eigenvalue weighted by Gasteiger charge is -2.36. The van der Waals surface area contributed by atoms with Gasteiger partial charge in [0.15, 0.2) is 5.82 Å². The Hall–Kier alpha value is -3.98. The van der Waals surface area contributed by atoms with E-state index < -0.39 is 5.82 Å². The van der Waals surface area contributed by atoms with Crippen molar-refractivity contribution in [1.82, 2.24) is 20.2 Å². The van der Waals surface area contributed by atoms with Crippen LogP contribution in [0.25, 0.3) is 32.8 Å². The number of hydrogen-bond acceptors (Lipinski definition) is 7. The Morgan fingerprint density at radius 3 is 2.52 bits per heavy atom. The van der Waals surface area contributed by atoms with Crippen molar-refractivity contribution in [2.75, 3.05) is 38.2 Å². The highest BCUT2D eigenvalue weighted by atomic mass is 35.5. The highest BCUT2D eigenvalue weighted by Gasteiger charge is 2.40. The summed E-state index contributed by atoms with van der Waals surface area (Å²) in [6.07, 6.45) is 5.11. The number of fused-ring (bicyclic) bond motifs is 4. The first-order chi connectivity index (χ1) is 22.4. The molecule has 1 aromatic heterocycles. The number of rotatable bonds is 7. The number of benzene rings is 4. The zero-order chi connectivity index (χ0) is 31.4. The van der Waals surface area contributed by atoms with Gasteiger partial charge in [-0.1, -0.05) is 66.2 Å². The molecule has 3 aliphatic heterocycles. The summed E-state index contributed by atoms with van der Waals surface area (Å²) in [7, 11) is 2.15. The van der Waals surface area contributed by atoms with Gasteiger partial charge < -0.3 is 20.1 Å². The van der Waals surface area contributed by atoms with Gasteiger partial charge >= 0.3 is 6.01 Å². The van der Waals surface area contributed by atoms with Crippen LogP contribution in [0.3, 0.4) is 0 Å². The summed E-state index contributed by atoms with van der Waals surface area (Å²) in [5, 5.41) is 16.6. The van der Waals surface area contributed by atoms with E-state index in [1.54, 1.807) is 18.2 Å². The van der Waals surface area contributed by atoms with E-state index in [1.807, 2.05) is 30.3 Å². The maximum Gasteiger partial charge on any atom is 0.319 e. The van der Waals surface area contributed by atoms with Crippen LogP contribution in [0.2, 0.25) is 5.02 Å². The monoisotopic (exact) mass is 637 g/mol. The normalized spacial score (nSPS) is 23.1. The van der Waals surface area contributed by atoms with Crippen LogP contribution >= 0.6 is 11.6 Å². The number of aromatic hydroxyl groups is 1. The molecule has 3 atom stereocenters. The van der Waals surface area contributed by atoms with Crippen molar-refractivity contribution < 1.29 is 14.2 Å². The second kappa shape index (κ2) is 11.7. The third-order valence-electron chi connectivity index (χ3n) is 10.3. The van der Waals surface area contributed by atoms with Gasteiger partial charge in [0.25, 0.3) is 0 Å². The molecule has 4 aromatic carbocycles. The van der Waals surface area contributed by atoms with E-state index in [-0.39, 0.29) is 33.4 Å². The number of halogens is 2. The number of piperazine rings is 1. The smallest absolute Gasteiger partial charge is 0.319 e. The molecule has 3 aliphatic rings. The van der Waals surface area contributed by atoms with Crippen molar-refractivity contribution in [3.05, 3.63) is 89.2 Å². The van der Waals surface area contributed by atoms with E-state index in [0.29, 0.717) is 35.5 Å². The number of hydrogen-bond donors (Lipinski definition) is 2. The maximum atomic E-state index is 17.0. The van der Waals surface area contributed by atoms with Crippen LogP contribution in [-0.4, -0.2) is 70.9 Å². The van der Waals surface area contributed by atoms with Gasteiger partial charge in [0, 0.05) is 36.1 Å². The summed E-state index contributed by atoms with van der Waals surface area (Å²) >= 11 is 6.93. The first-order valence-corrected chi connectivity index (χ1v) is 16.6. The molecule has 0 saturated carbocycles. The second-order valence-electron chi connectivity index (χ2n) is 13.2. The SMILES string of the molecule is CN1CCCC1(COc1nc(N2CC3CCC(C2)N3)c2cc(Cl)c(-c3cc(O)cc4ccccc34)c(F)c2n1)Cc1ccccc1. The van der Waals surface area contributed by atoms with E-state index in [4.69, 9.17) is 26.3 Å². The topological polar surface area (TPSA) is 73.8 Å². The molecule has 0 radical (unpaired) electrons. The Labute approximate surface area is 273 Å². The number of ether oxygens (including phenoxy) is 1. The van der Waals surface area contributed by atoms with Crippen LogP contribution in [0, 0.1) is 5.82 Å². The van der Waals surface area contributed by atoms with Crippen LogP contribution < -0.4 is 15.0 Å². The number of aromatic nitrogens is 2. The highest BCUT2D eigenvalue weighted by molar-refractivity contribution is 6.35. The van der Waals surface area contributed by atoms with Gasteiger partial charge in [-0.3, -0.25) is 4.90 Å². The molecule has 7 nitrogen and oxygen atoms in total. The van der Waals surface area contributed by atoms with E-state index in [0.717, 1.165) is 62.5 Å². The summed E-state index contributed by atoms with van der Waals surface area (Å²) in [4.78, 5) is 14.3. The average Bonchev–Trinajstić information content (AvgIpc) is 3.59. The molecule has 46 heavy (non-hydrogen) atoms. The minimum Gasteiger partial charge on any atom is -0.508 e. The van der Waals surface area contributed by atoms with Gasteiger partial charge in [-0.2, -0.15) is 9.97 Å². The Morgan fingerprint density at radius 2 is 1.76 bits per heavy atom. The van der Waals surface area contributed by atoms with Crippen LogP contribution in [0.5, 0.6) is 11.8 Å². The molecular weight excluding hydrogens is 601 g/mol. The maximum absolute atomic E-state index is 17.0. The van der Waals surface area contributed by atoms with Gasteiger partial charge in [-0.15, -0.1) is 0 Å². The van der Waals surface area contributed by atoms with Crippen molar-refractivity contribution in [2.45, 2.75) is 49.7 Å². The molecule has 0 amide bonds. The molecule has 236 valence electrons. The average molecular weight is 638 g/mol. The van der Waals surface area contributed by atoms with Gasteiger partial charge in [-0.05, 0) is 85.8 Å². The predicted molar refractivity (Wildman–Crippen MR) is 182 cm³/mol. The number of nitrogens with zero attached hydrogens (tertiary/aromatic N) is 4. The molecule has 5 aromatic rings. The molecule has 8 rings (SSSR count). The summed E-state index contributed by atoms with van der Waals surface area (Å²) in [6.45, 7) is 2.90. The second-order valence-corrected chi connectivity index (χ2v) is 13.6. The number of phenols is 1. The lowest BCUT2D eigenvalue weighted by atomic mass is 9.89. The van der Waals surface area contributed by atoms with Crippen LogP contribution in [-0.2, 0) is 6.42 Å². The van der Waals surface area contributed by atoms with Gasteiger partial charge in [0.05, 0.1) is 10.6 Å². The summed E-state index contributed by atoms with van der Waals surface area (Å²) in [5.74, 6) is 0.127. The number of likely N-dealkylation sites (tertiary alicyclic amines) is 1. The molecule has 0 spiro atoms. The lowest BCUT2D eigenvalue weighted by Crippen LogP contribution is -2.51. The summed E-state index contributed by atoms with van der Waals surface area (Å²) < 4.78 is 23.5. The highest BCUT2D eigenvalue weighted by Crippen LogP contribution is 2.43. The third-order valence-corrected chi connectivity index (χ3v) is 10.6. The molecule has 3 fully saturated rings. The molecular formula is C37H37ClFN5O2. The van der Waals surface area contributed by atoms with Crippen molar-refractivity contribution in [3.63, 3.8) is 0 Å². The standard InChI is InChI=1S/C37H37ClFN5O2/c1-43-15-7-14-37(43,19-23-8-3-2-4-9-23)22-46-36-41-34-30(35(42-36)44-20-25-12-13-26(21-44)40-25)18-31(38)32(33(34)39)29-17-27(45)16-24-10-5-6-11-28(24)29/h2-6,8-11,16-18,25-26,40,45H,7,12-15,19-22H2,1H3. The molecule has 2 bridgehead atoms. The number of anilines is 1.